The number of aromatic nitrogens is 1. The summed E-state index contributed by atoms with van der Waals surface area (Å²) < 4.78 is 0. The first-order valence-corrected chi connectivity index (χ1v) is 9.39. The van der Waals surface area contributed by atoms with Gasteiger partial charge in [-0.25, -0.2) is 4.98 Å². The van der Waals surface area contributed by atoms with Crippen LogP contribution in [0.1, 0.15) is 39.5 Å². The number of benzene rings is 1. The van der Waals surface area contributed by atoms with Gasteiger partial charge in [-0.1, -0.05) is 12.1 Å². The van der Waals surface area contributed by atoms with Gasteiger partial charge >= 0.3 is 0 Å². The fourth-order valence-corrected chi connectivity index (χ4v) is 4.22. The molecule has 0 atom stereocenters. The van der Waals surface area contributed by atoms with Crippen LogP contribution in [0.15, 0.2) is 29.3 Å². The Morgan fingerprint density at radius 1 is 1.32 bits per heavy atom. The molecule has 25 heavy (non-hydrogen) atoms. The monoisotopic (exact) mass is 353 g/mol. The van der Waals surface area contributed by atoms with Crippen molar-refractivity contribution >= 4 is 17.3 Å². The number of rotatable bonds is 4. The summed E-state index contributed by atoms with van der Waals surface area (Å²) in [7, 11) is 3.83. The second kappa shape index (κ2) is 8.13. The molecule has 6 heteroatoms. The van der Waals surface area contributed by atoms with Gasteiger partial charge in [0.1, 0.15) is 5.01 Å². The summed E-state index contributed by atoms with van der Waals surface area (Å²) >= 11 is 1.84. The number of nitriles is 1. The lowest BCUT2D eigenvalue weighted by molar-refractivity contribution is 0.474. The summed E-state index contributed by atoms with van der Waals surface area (Å²) in [6, 6.07) is 9.74. The molecule has 1 aromatic carbocycles. The van der Waals surface area contributed by atoms with E-state index in [1.807, 2.05) is 42.6 Å². The zero-order valence-corrected chi connectivity index (χ0v) is 15.6. The van der Waals surface area contributed by atoms with Crippen LogP contribution in [-0.4, -0.2) is 29.9 Å². The molecule has 0 aliphatic heterocycles. The number of fused-ring (bicyclic) bond motifs is 1. The molecule has 130 valence electrons. The molecule has 0 amide bonds. The molecule has 2 aromatic rings. The number of aryl methyl sites for hydroxylation is 2. The van der Waals surface area contributed by atoms with Crippen molar-refractivity contribution in [3.8, 4) is 6.07 Å². The minimum Gasteiger partial charge on any atom is -0.352 e. The summed E-state index contributed by atoms with van der Waals surface area (Å²) in [6.45, 7) is 1.45. The average Bonchev–Trinajstić information content (AvgIpc) is 3.05. The number of nitrogens with zero attached hydrogens (tertiary/aromatic N) is 4. The van der Waals surface area contributed by atoms with E-state index in [2.05, 4.69) is 21.3 Å². The largest absolute Gasteiger partial charge is 0.352 e. The molecule has 1 aromatic heterocycles. The zero-order chi connectivity index (χ0) is 17.6. The minimum absolute atomic E-state index is 0.678. The number of guanidine groups is 1. The molecule has 3 rings (SSSR count). The third kappa shape index (κ3) is 4.37. The first-order chi connectivity index (χ1) is 12.2. The van der Waals surface area contributed by atoms with Crippen molar-refractivity contribution in [2.24, 2.45) is 4.99 Å². The Labute approximate surface area is 153 Å². The van der Waals surface area contributed by atoms with E-state index in [9.17, 15) is 0 Å². The standard InChI is InChI=1S/C19H23N5S/c1-21-19(22-12-15-9-7-14(11-20)8-10-15)24(2)13-18-23-16-5-3-4-6-17(16)25-18/h7-10H,3-6,12-13H2,1-2H3,(H,21,22). The Morgan fingerprint density at radius 2 is 2.08 bits per heavy atom. The molecule has 5 nitrogen and oxygen atoms in total. The molecular formula is C19H23N5S. The number of hydrogen-bond donors (Lipinski definition) is 1. The second-order valence-electron chi connectivity index (χ2n) is 6.25. The SMILES string of the molecule is CN=C(NCc1ccc(C#N)cc1)N(C)Cc1nc2c(s1)CCCC2. The van der Waals surface area contributed by atoms with Gasteiger partial charge in [-0.3, -0.25) is 4.99 Å². The van der Waals surface area contributed by atoms with E-state index in [4.69, 9.17) is 10.2 Å². The van der Waals surface area contributed by atoms with Crippen LogP contribution in [0.2, 0.25) is 0 Å². The second-order valence-corrected chi connectivity index (χ2v) is 7.42. The maximum Gasteiger partial charge on any atom is 0.194 e. The molecule has 0 radical (unpaired) electrons. The third-order valence-electron chi connectivity index (χ3n) is 4.37. The zero-order valence-electron chi connectivity index (χ0n) is 14.7. The Bertz CT molecular complexity index is 762. The highest BCUT2D eigenvalue weighted by Gasteiger charge is 2.16. The van der Waals surface area contributed by atoms with E-state index in [1.165, 1.54) is 29.8 Å². The highest BCUT2D eigenvalue weighted by Crippen LogP contribution is 2.27. The molecule has 0 unspecified atom stereocenters. The topological polar surface area (TPSA) is 64.3 Å². The molecule has 0 spiro atoms. The van der Waals surface area contributed by atoms with Gasteiger partial charge in [0.2, 0.25) is 0 Å². The normalized spacial score (nSPS) is 13.9. The smallest absolute Gasteiger partial charge is 0.194 e. The highest BCUT2D eigenvalue weighted by atomic mass is 32.1. The van der Waals surface area contributed by atoms with Crippen LogP contribution >= 0.6 is 11.3 Å². The number of aliphatic imine (C=N–C) groups is 1. The molecule has 0 saturated carbocycles. The molecule has 0 saturated heterocycles. The number of thiazole rings is 1. The van der Waals surface area contributed by atoms with Crippen molar-refractivity contribution in [2.45, 2.75) is 38.8 Å². The van der Waals surface area contributed by atoms with Gasteiger partial charge in [0.25, 0.3) is 0 Å². The van der Waals surface area contributed by atoms with Gasteiger partial charge in [-0.15, -0.1) is 11.3 Å². The van der Waals surface area contributed by atoms with E-state index in [-0.39, 0.29) is 0 Å². The molecule has 1 aliphatic carbocycles. The summed E-state index contributed by atoms with van der Waals surface area (Å²) in [5.41, 5.74) is 3.11. The molecule has 0 fully saturated rings. The predicted octanol–water partition coefficient (Wildman–Crippen LogP) is 3.10. The molecule has 1 heterocycles. The van der Waals surface area contributed by atoms with Crippen LogP contribution in [0.3, 0.4) is 0 Å². The van der Waals surface area contributed by atoms with Gasteiger partial charge in [0.05, 0.1) is 23.9 Å². The van der Waals surface area contributed by atoms with Crippen molar-refractivity contribution in [1.82, 2.24) is 15.2 Å². The van der Waals surface area contributed by atoms with Crippen LogP contribution in [0.4, 0.5) is 0 Å². The molecule has 1 aliphatic rings. The van der Waals surface area contributed by atoms with Crippen molar-refractivity contribution < 1.29 is 0 Å². The Hall–Kier alpha value is -2.39. The van der Waals surface area contributed by atoms with Crippen LogP contribution < -0.4 is 5.32 Å². The predicted molar refractivity (Wildman–Crippen MR) is 102 cm³/mol. The minimum atomic E-state index is 0.678. The van der Waals surface area contributed by atoms with Gasteiger partial charge < -0.3 is 10.2 Å². The lowest BCUT2D eigenvalue weighted by atomic mass is 10.0. The maximum absolute atomic E-state index is 8.86. The van der Waals surface area contributed by atoms with Crippen LogP contribution in [-0.2, 0) is 25.9 Å². The Morgan fingerprint density at radius 3 is 2.76 bits per heavy atom. The average molecular weight is 353 g/mol. The maximum atomic E-state index is 8.86. The molecule has 0 bridgehead atoms. The van der Waals surface area contributed by atoms with Gasteiger partial charge in [0.15, 0.2) is 5.96 Å². The Balaban J connectivity index is 1.58. The summed E-state index contributed by atoms with van der Waals surface area (Å²) in [6.07, 6.45) is 4.86. The molecular weight excluding hydrogens is 330 g/mol. The number of hydrogen-bond acceptors (Lipinski definition) is 4. The van der Waals surface area contributed by atoms with Crippen LogP contribution in [0, 0.1) is 11.3 Å². The summed E-state index contributed by atoms with van der Waals surface area (Å²) in [5.74, 6) is 0.845. The quantitative estimate of drug-likeness (QED) is 0.678. The van der Waals surface area contributed by atoms with Crippen LogP contribution in [0.25, 0.3) is 0 Å². The first kappa shape index (κ1) is 17.4. The fraction of sp³-hybridized carbons (Fsp3) is 0.421. The molecule has 1 N–H and O–H groups in total. The van der Waals surface area contributed by atoms with Crippen molar-refractivity contribution in [2.75, 3.05) is 14.1 Å². The van der Waals surface area contributed by atoms with E-state index in [0.717, 1.165) is 29.5 Å². The lowest BCUT2D eigenvalue weighted by Gasteiger charge is -2.21. The Kier molecular flexibility index (Phi) is 5.67. The van der Waals surface area contributed by atoms with E-state index < -0.39 is 0 Å². The van der Waals surface area contributed by atoms with E-state index in [1.54, 1.807) is 7.05 Å². The lowest BCUT2D eigenvalue weighted by Crippen LogP contribution is -2.38. The third-order valence-corrected chi connectivity index (χ3v) is 5.51. The van der Waals surface area contributed by atoms with E-state index >= 15 is 0 Å². The van der Waals surface area contributed by atoms with Crippen molar-refractivity contribution in [1.29, 1.82) is 5.26 Å². The highest BCUT2D eigenvalue weighted by molar-refractivity contribution is 7.11. The van der Waals surface area contributed by atoms with Crippen molar-refractivity contribution in [3.05, 3.63) is 51.0 Å². The number of nitrogens with one attached hydrogen (secondary N) is 1. The van der Waals surface area contributed by atoms with Crippen LogP contribution in [0.5, 0.6) is 0 Å². The summed E-state index contributed by atoms with van der Waals surface area (Å²) in [5, 5.41) is 13.4. The first-order valence-electron chi connectivity index (χ1n) is 8.58. The van der Waals surface area contributed by atoms with Gasteiger partial charge in [-0.2, -0.15) is 5.26 Å². The van der Waals surface area contributed by atoms with Crippen molar-refractivity contribution in [3.63, 3.8) is 0 Å². The van der Waals surface area contributed by atoms with Gasteiger partial charge in [-0.05, 0) is 43.4 Å². The fourth-order valence-electron chi connectivity index (χ4n) is 3.01. The summed E-state index contributed by atoms with van der Waals surface area (Å²) in [4.78, 5) is 12.8. The van der Waals surface area contributed by atoms with Gasteiger partial charge in [0, 0.05) is 25.5 Å². The van der Waals surface area contributed by atoms with E-state index in [0.29, 0.717) is 12.1 Å².